The predicted molar refractivity (Wildman–Crippen MR) is 110 cm³/mol. The first kappa shape index (κ1) is 20.7. The SMILES string of the molecule is COc1cc(NC(=O)CN2CCN(c3ccc(F)cc3)CC2)cc(OC)c1OC. The lowest BCUT2D eigenvalue weighted by Gasteiger charge is -2.35. The zero-order valence-electron chi connectivity index (χ0n) is 16.9. The summed E-state index contributed by atoms with van der Waals surface area (Å²) in [7, 11) is 4.59. The standard InChI is InChI=1S/C21H26FN3O4/c1-27-18-12-16(13-19(28-2)21(18)29-3)23-20(26)14-24-8-10-25(11-9-24)17-6-4-15(22)5-7-17/h4-7,12-13H,8-11,14H2,1-3H3,(H,23,26). The van der Waals surface area contributed by atoms with E-state index in [-0.39, 0.29) is 18.3 Å². The maximum absolute atomic E-state index is 13.1. The van der Waals surface area contributed by atoms with Crippen molar-refractivity contribution in [2.75, 3.05) is 64.3 Å². The first-order valence-corrected chi connectivity index (χ1v) is 9.36. The number of hydrogen-bond acceptors (Lipinski definition) is 6. The Hall–Kier alpha value is -3.00. The van der Waals surface area contributed by atoms with Gasteiger partial charge >= 0.3 is 0 Å². The summed E-state index contributed by atoms with van der Waals surface area (Å²) in [5, 5.41) is 2.89. The fraction of sp³-hybridized carbons (Fsp3) is 0.381. The van der Waals surface area contributed by atoms with Crippen molar-refractivity contribution in [3.8, 4) is 17.2 Å². The normalized spacial score (nSPS) is 14.4. The molecule has 0 aromatic heterocycles. The molecule has 1 aliphatic heterocycles. The number of carbonyl (C=O) groups is 1. The number of piperazine rings is 1. The molecule has 0 bridgehead atoms. The van der Waals surface area contributed by atoms with Gasteiger partial charge in [-0.3, -0.25) is 9.69 Å². The molecule has 29 heavy (non-hydrogen) atoms. The Morgan fingerprint density at radius 2 is 1.55 bits per heavy atom. The smallest absolute Gasteiger partial charge is 0.238 e. The maximum atomic E-state index is 13.1. The van der Waals surface area contributed by atoms with E-state index in [1.54, 1.807) is 24.3 Å². The largest absolute Gasteiger partial charge is 0.493 e. The Morgan fingerprint density at radius 1 is 0.966 bits per heavy atom. The van der Waals surface area contributed by atoms with E-state index in [9.17, 15) is 9.18 Å². The summed E-state index contributed by atoms with van der Waals surface area (Å²) in [5.74, 6) is 1.08. The van der Waals surface area contributed by atoms with E-state index in [4.69, 9.17) is 14.2 Å². The van der Waals surface area contributed by atoms with Crippen LogP contribution >= 0.6 is 0 Å². The monoisotopic (exact) mass is 403 g/mol. The molecule has 0 radical (unpaired) electrons. The number of rotatable bonds is 7. The van der Waals surface area contributed by atoms with Crippen LogP contribution in [-0.4, -0.2) is 64.9 Å². The van der Waals surface area contributed by atoms with Crippen LogP contribution in [-0.2, 0) is 4.79 Å². The average molecular weight is 403 g/mol. The fourth-order valence-electron chi connectivity index (χ4n) is 3.37. The van der Waals surface area contributed by atoms with Crippen LogP contribution < -0.4 is 24.4 Å². The lowest BCUT2D eigenvalue weighted by Crippen LogP contribution is -2.48. The van der Waals surface area contributed by atoms with Crippen LogP contribution in [0.2, 0.25) is 0 Å². The summed E-state index contributed by atoms with van der Waals surface area (Å²) in [6.45, 7) is 3.35. The molecule has 2 aromatic carbocycles. The Bertz CT molecular complexity index is 811. The summed E-state index contributed by atoms with van der Waals surface area (Å²) in [6.07, 6.45) is 0. The summed E-state index contributed by atoms with van der Waals surface area (Å²) in [5.41, 5.74) is 1.57. The van der Waals surface area contributed by atoms with Crippen LogP contribution in [0.25, 0.3) is 0 Å². The molecule has 1 heterocycles. The third-order valence-corrected chi connectivity index (χ3v) is 4.88. The molecule has 1 N–H and O–H groups in total. The predicted octanol–water partition coefficient (Wildman–Crippen LogP) is 2.61. The zero-order chi connectivity index (χ0) is 20.8. The topological polar surface area (TPSA) is 63.3 Å². The van der Waals surface area contributed by atoms with Crippen molar-refractivity contribution in [3.63, 3.8) is 0 Å². The third-order valence-electron chi connectivity index (χ3n) is 4.88. The minimum atomic E-state index is -0.240. The van der Waals surface area contributed by atoms with Gasteiger partial charge in [-0.2, -0.15) is 0 Å². The van der Waals surface area contributed by atoms with Crippen LogP contribution in [0.1, 0.15) is 0 Å². The molecule has 0 aliphatic carbocycles. The number of ether oxygens (including phenoxy) is 3. The number of benzene rings is 2. The van der Waals surface area contributed by atoms with Crippen LogP contribution in [0.5, 0.6) is 17.2 Å². The molecule has 3 rings (SSSR count). The summed E-state index contributed by atoms with van der Waals surface area (Å²) in [6, 6.07) is 9.89. The number of amides is 1. The Morgan fingerprint density at radius 3 is 2.07 bits per heavy atom. The molecular weight excluding hydrogens is 377 g/mol. The molecule has 1 fully saturated rings. The third kappa shape index (κ3) is 5.08. The second kappa shape index (κ2) is 9.47. The van der Waals surface area contributed by atoms with Gasteiger partial charge in [0.2, 0.25) is 11.7 Å². The van der Waals surface area contributed by atoms with E-state index >= 15 is 0 Å². The minimum absolute atomic E-state index is 0.116. The van der Waals surface area contributed by atoms with Crippen molar-refractivity contribution in [2.45, 2.75) is 0 Å². The molecule has 8 heteroatoms. The van der Waals surface area contributed by atoms with Crippen molar-refractivity contribution in [1.29, 1.82) is 0 Å². The minimum Gasteiger partial charge on any atom is -0.493 e. The summed E-state index contributed by atoms with van der Waals surface area (Å²) >= 11 is 0. The molecule has 0 unspecified atom stereocenters. The van der Waals surface area contributed by atoms with Gasteiger partial charge in [0.05, 0.1) is 27.9 Å². The van der Waals surface area contributed by atoms with Gasteiger partial charge < -0.3 is 24.4 Å². The van der Waals surface area contributed by atoms with Crippen molar-refractivity contribution < 1.29 is 23.4 Å². The molecule has 7 nitrogen and oxygen atoms in total. The van der Waals surface area contributed by atoms with Gasteiger partial charge in [0.25, 0.3) is 0 Å². The van der Waals surface area contributed by atoms with Gasteiger partial charge in [0, 0.05) is 49.7 Å². The first-order valence-electron chi connectivity index (χ1n) is 9.36. The molecule has 1 saturated heterocycles. The number of carbonyl (C=O) groups excluding carboxylic acids is 1. The van der Waals surface area contributed by atoms with E-state index < -0.39 is 0 Å². The van der Waals surface area contributed by atoms with Crippen molar-refractivity contribution in [3.05, 3.63) is 42.2 Å². The van der Waals surface area contributed by atoms with E-state index in [2.05, 4.69) is 15.1 Å². The highest BCUT2D eigenvalue weighted by molar-refractivity contribution is 5.93. The second-order valence-electron chi connectivity index (χ2n) is 6.70. The number of nitrogens with zero attached hydrogens (tertiary/aromatic N) is 2. The van der Waals surface area contributed by atoms with Crippen LogP contribution in [0.3, 0.4) is 0 Å². The highest BCUT2D eigenvalue weighted by Crippen LogP contribution is 2.39. The number of halogens is 1. The van der Waals surface area contributed by atoms with Gasteiger partial charge in [-0.1, -0.05) is 0 Å². The Balaban J connectivity index is 1.56. The number of nitrogens with one attached hydrogen (secondary N) is 1. The van der Waals surface area contributed by atoms with Crippen molar-refractivity contribution in [1.82, 2.24) is 4.90 Å². The van der Waals surface area contributed by atoms with Gasteiger partial charge in [-0.25, -0.2) is 4.39 Å². The number of anilines is 2. The lowest BCUT2D eigenvalue weighted by atomic mass is 10.2. The van der Waals surface area contributed by atoms with Gasteiger partial charge in [-0.05, 0) is 24.3 Å². The molecule has 0 saturated carbocycles. The van der Waals surface area contributed by atoms with E-state index in [0.717, 1.165) is 31.9 Å². The molecule has 0 atom stereocenters. The van der Waals surface area contributed by atoms with Crippen molar-refractivity contribution in [2.24, 2.45) is 0 Å². The average Bonchev–Trinajstić information content (AvgIpc) is 2.74. The summed E-state index contributed by atoms with van der Waals surface area (Å²) in [4.78, 5) is 16.8. The van der Waals surface area contributed by atoms with E-state index in [1.165, 1.54) is 33.5 Å². The Kier molecular flexibility index (Phi) is 6.77. The molecule has 1 aliphatic rings. The quantitative estimate of drug-likeness (QED) is 0.767. The van der Waals surface area contributed by atoms with E-state index in [0.29, 0.717) is 22.9 Å². The highest BCUT2D eigenvalue weighted by atomic mass is 19.1. The summed E-state index contributed by atoms with van der Waals surface area (Å²) < 4.78 is 29.0. The van der Waals surface area contributed by atoms with Crippen LogP contribution in [0.4, 0.5) is 15.8 Å². The zero-order valence-corrected chi connectivity index (χ0v) is 16.9. The van der Waals surface area contributed by atoms with E-state index in [1.807, 2.05) is 0 Å². The van der Waals surface area contributed by atoms with Gasteiger partial charge in [0.1, 0.15) is 5.82 Å². The number of hydrogen-bond donors (Lipinski definition) is 1. The number of methoxy groups -OCH3 is 3. The highest BCUT2D eigenvalue weighted by Gasteiger charge is 2.20. The molecular formula is C21H26FN3O4. The first-order chi connectivity index (χ1) is 14.0. The Labute approximate surface area is 170 Å². The molecule has 0 spiro atoms. The molecule has 156 valence electrons. The lowest BCUT2D eigenvalue weighted by molar-refractivity contribution is -0.117. The van der Waals surface area contributed by atoms with Crippen LogP contribution in [0.15, 0.2) is 36.4 Å². The maximum Gasteiger partial charge on any atom is 0.238 e. The van der Waals surface area contributed by atoms with Crippen molar-refractivity contribution >= 4 is 17.3 Å². The fourth-order valence-corrected chi connectivity index (χ4v) is 3.37. The molecule has 2 aromatic rings. The van der Waals surface area contributed by atoms with Crippen LogP contribution in [0, 0.1) is 5.82 Å². The molecule has 1 amide bonds. The van der Waals surface area contributed by atoms with Gasteiger partial charge in [-0.15, -0.1) is 0 Å². The van der Waals surface area contributed by atoms with Gasteiger partial charge in [0.15, 0.2) is 11.5 Å². The second-order valence-corrected chi connectivity index (χ2v) is 6.70.